The quantitative estimate of drug-likeness (QED) is 0.782. The molecule has 1 aromatic heterocycles. The van der Waals surface area contributed by atoms with E-state index in [-0.39, 0.29) is 0 Å². The number of nitrogens with zero attached hydrogens (tertiary/aromatic N) is 3. The first-order chi connectivity index (χ1) is 7.42. The number of nitrogens with one attached hydrogen (secondary N) is 1. The van der Waals surface area contributed by atoms with Gasteiger partial charge in [0.1, 0.15) is 0 Å². The second-order valence-corrected chi connectivity index (χ2v) is 4.36. The first-order valence-corrected chi connectivity index (χ1v) is 5.63. The van der Waals surface area contributed by atoms with E-state index >= 15 is 0 Å². The molecule has 15 heavy (non-hydrogen) atoms. The lowest BCUT2D eigenvalue weighted by atomic mass is 10.3. The fourth-order valence-corrected chi connectivity index (χ4v) is 1.84. The Morgan fingerprint density at radius 1 is 1.47 bits per heavy atom. The summed E-state index contributed by atoms with van der Waals surface area (Å²) in [5.41, 5.74) is 1.04. The van der Waals surface area contributed by atoms with Gasteiger partial charge in [-0.15, -0.1) is 5.10 Å². The highest BCUT2D eigenvalue weighted by Gasteiger charge is 2.22. The molecule has 1 aromatic rings. The van der Waals surface area contributed by atoms with Gasteiger partial charge in [-0.1, -0.05) is 5.21 Å². The lowest BCUT2D eigenvalue weighted by molar-refractivity contribution is 0.184. The van der Waals surface area contributed by atoms with E-state index in [0.717, 1.165) is 37.9 Å². The van der Waals surface area contributed by atoms with Crippen molar-refractivity contribution in [1.82, 2.24) is 20.3 Å². The average Bonchev–Trinajstić information content (AvgIpc) is 2.78. The summed E-state index contributed by atoms with van der Waals surface area (Å²) in [7, 11) is 0. The third kappa shape index (κ3) is 2.18. The highest BCUT2D eigenvalue weighted by molar-refractivity contribution is 4.95. The lowest BCUT2D eigenvalue weighted by Crippen LogP contribution is -2.15. The molecule has 0 aromatic carbocycles. The van der Waals surface area contributed by atoms with E-state index in [2.05, 4.69) is 15.6 Å². The van der Waals surface area contributed by atoms with Crippen molar-refractivity contribution in [2.24, 2.45) is 0 Å². The summed E-state index contributed by atoms with van der Waals surface area (Å²) < 4.78 is 7.27. The topological polar surface area (TPSA) is 52.0 Å². The molecule has 1 aliphatic heterocycles. The Balaban J connectivity index is 1.59. The van der Waals surface area contributed by atoms with Crippen molar-refractivity contribution < 1.29 is 4.74 Å². The molecule has 1 unspecified atom stereocenters. The summed E-state index contributed by atoms with van der Waals surface area (Å²) in [6.07, 6.45) is 5.71. The van der Waals surface area contributed by atoms with Gasteiger partial charge in [-0.25, -0.2) is 4.68 Å². The molecule has 1 atom stereocenters. The van der Waals surface area contributed by atoms with Crippen molar-refractivity contribution in [3.63, 3.8) is 0 Å². The molecule has 82 valence electrons. The molecule has 1 saturated heterocycles. The van der Waals surface area contributed by atoms with Gasteiger partial charge in [0.15, 0.2) is 0 Å². The fourth-order valence-electron chi connectivity index (χ4n) is 1.84. The molecule has 2 heterocycles. The van der Waals surface area contributed by atoms with Crippen LogP contribution in [0.3, 0.4) is 0 Å². The Morgan fingerprint density at radius 3 is 3.13 bits per heavy atom. The molecule has 3 rings (SSSR count). The van der Waals surface area contributed by atoms with Crippen molar-refractivity contribution in [1.29, 1.82) is 0 Å². The predicted octanol–water partition coefficient (Wildman–Crippen LogP) is 0.491. The number of rotatable bonds is 4. The summed E-state index contributed by atoms with van der Waals surface area (Å²) in [5.74, 6) is 0. The second kappa shape index (κ2) is 3.90. The van der Waals surface area contributed by atoms with Crippen LogP contribution in [-0.4, -0.2) is 34.2 Å². The SMILES string of the molecule is c1c(CNC2CC2)nnn1C1CCOC1. The molecule has 5 heteroatoms. The number of aromatic nitrogens is 3. The van der Waals surface area contributed by atoms with E-state index in [1.165, 1.54) is 12.8 Å². The molecule has 0 amide bonds. The normalized spacial score (nSPS) is 26.0. The number of hydrogen-bond donors (Lipinski definition) is 1. The molecule has 2 aliphatic rings. The fraction of sp³-hybridized carbons (Fsp3) is 0.800. The van der Waals surface area contributed by atoms with Crippen LogP contribution in [0.4, 0.5) is 0 Å². The minimum Gasteiger partial charge on any atom is -0.379 e. The van der Waals surface area contributed by atoms with Gasteiger partial charge in [0.05, 0.1) is 24.5 Å². The zero-order valence-corrected chi connectivity index (χ0v) is 8.72. The molecular weight excluding hydrogens is 192 g/mol. The first-order valence-electron chi connectivity index (χ1n) is 5.63. The molecule has 1 aliphatic carbocycles. The van der Waals surface area contributed by atoms with Crippen LogP contribution in [0, 0.1) is 0 Å². The van der Waals surface area contributed by atoms with Gasteiger partial charge >= 0.3 is 0 Å². The maximum absolute atomic E-state index is 5.32. The summed E-state index contributed by atoms with van der Waals surface area (Å²) in [6.45, 7) is 2.47. The Kier molecular flexibility index (Phi) is 2.42. The van der Waals surface area contributed by atoms with Crippen LogP contribution in [0.15, 0.2) is 6.20 Å². The highest BCUT2D eigenvalue weighted by Crippen LogP contribution is 2.20. The molecule has 0 radical (unpaired) electrons. The maximum Gasteiger partial charge on any atom is 0.0965 e. The van der Waals surface area contributed by atoms with Gasteiger partial charge in [-0.3, -0.25) is 0 Å². The molecule has 5 nitrogen and oxygen atoms in total. The molecule has 1 N–H and O–H groups in total. The lowest BCUT2D eigenvalue weighted by Gasteiger charge is -2.05. The van der Waals surface area contributed by atoms with Crippen molar-refractivity contribution in [3.05, 3.63) is 11.9 Å². The van der Waals surface area contributed by atoms with E-state index in [1.54, 1.807) is 0 Å². The third-order valence-electron chi connectivity index (χ3n) is 2.99. The van der Waals surface area contributed by atoms with Gasteiger partial charge < -0.3 is 10.1 Å². The van der Waals surface area contributed by atoms with Gasteiger partial charge in [-0.05, 0) is 19.3 Å². The Morgan fingerprint density at radius 2 is 2.40 bits per heavy atom. The number of ether oxygens (including phenoxy) is 1. The van der Waals surface area contributed by atoms with Crippen LogP contribution < -0.4 is 5.32 Å². The molecular formula is C10H16N4O. The zero-order chi connectivity index (χ0) is 10.1. The molecule has 0 bridgehead atoms. The zero-order valence-electron chi connectivity index (χ0n) is 8.72. The monoisotopic (exact) mass is 208 g/mol. The summed E-state index contributed by atoms with van der Waals surface area (Å²) in [6, 6.07) is 1.12. The van der Waals surface area contributed by atoms with Crippen LogP contribution in [0.5, 0.6) is 0 Å². The molecule has 2 fully saturated rings. The Labute approximate surface area is 88.8 Å². The van der Waals surface area contributed by atoms with E-state index in [1.807, 2.05) is 10.9 Å². The molecule has 0 spiro atoms. The summed E-state index contributed by atoms with van der Waals surface area (Å²) >= 11 is 0. The smallest absolute Gasteiger partial charge is 0.0965 e. The largest absolute Gasteiger partial charge is 0.379 e. The van der Waals surface area contributed by atoms with Gasteiger partial charge in [0, 0.05) is 19.2 Å². The van der Waals surface area contributed by atoms with Gasteiger partial charge in [0.25, 0.3) is 0 Å². The van der Waals surface area contributed by atoms with Crippen LogP contribution in [-0.2, 0) is 11.3 Å². The van der Waals surface area contributed by atoms with Crippen LogP contribution in [0.2, 0.25) is 0 Å². The van der Waals surface area contributed by atoms with Gasteiger partial charge in [-0.2, -0.15) is 0 Å². The summed E-state index contributed by atoms with van der Waals surface area (Å²) in [4.78, 5) is 0. The van der Waals surface area contributed by atoms with E-state index in [4.69, 9.17) is 4.74 Å². The van der Waals surface area contributed by atoms with Crippen molar-refractivity contribution in [3.8, 4) is 0 Å². The molecule has 1 saturated carbocycles. The first kappa shape index (κ1) is 9.30. The van der Waals surface area contributed by atoms with Gasteiger partial charge in [0.2, 0.25) is 0 Å². The number of hydrogen-bond acceptors (Lipinski definition) is 4. The Hall–Kier alpha value is -0.940. The predicted molar refractivity (Wildman–Crippen MR) is 54.4 cm³/mol. The van der Waals surface area contributed by atoms with E-state index < -0.39 is 0 Å². The second-order valence-electron chi connectivity index (χ2n) is 4.36. The third-order valence-corrected chi connectivity index (χ3v) is 2.99. The average molecular weight is 208 g/mol. The van der Waals surface area contributed by atoms with Crippen molar-refractivity contribution >= 4 is 0 Å². The van der Waals surface area contributed by atoms with Crippen LogP contribution in [0.25, 0.3) is 0 Å². The Bertz CT molecular complexity index is 328. The maximum atomic E-state index is 5.32. The standard InChI is InChI=1S/C10H16N4O/c1-2-8(1)11-5-9-6-14(13-12-9)10-3-4-15-7-10/h6,8,10-11H,1-5,7H2. The van der Waals surface area contributed by atoms with E-state index in [0.29, 0.717) is 6.04 Å². The van der Waals surface area contributed by atoms with Crippen molar-refractivity contribution in [2.45, 2.75) is 37.9 Å². The van der Waals surface area contributed by atoms with Crippen LogP contribution in [0.1, 0.15) is 31.0 Å². The van der Waals surface area contributed by atoms with Crippen LogP contribution >= 0.6 is 0 Å². The van der Waals surface area contributed by atoms with Crippen molar-refractivity contribution in [2.75, 3.05) is 13.2 Å². The van der Waals surface area contributed by atoms with E-state index in [9.17, 15) is 0 Å². The minimum absolute atomic E-state index is 0.396. The minimum atomic E-state index is 0.396. The highest BCUT2D eigenvalue weighted by atomic mass is 16.5. The summed E-state index contributed by atoms with van der Waals surface area (Å²) in [5, 5.41) is 11.7.